The van der Waals surface area contributed by atoms with E-state index >= 15 is 0 Å². The van der Waals surface area contributed by atoms with Crippen molar-refractivity contribution in [2.75, 3.05) is 5.32 Å². The van der Waals surface area contributed by atoms with Crippen LogP contribution in [-0.4, -0.2) is 17.0 Å². The van der Waals surface area contributed by atoms with E-state index in [0.717, 1.165) is 12.1 Å². The van der Waals surface area contributed by atoms with Crippen LogP contribution in [0.5, 0.6) is 0 Å². The van der Waals surface area contributed by atoms with E-state index in [1.54, 1.807) is 24.3 Å². The Bertz CT molecular complexity index is 888. The zero-order chi connectivity index (χ0) is 19.8. The Labute approximate surface area is 154 Å². The number of hydrogen-bond acceptors (Lipinski definition) is 2. The van der Waals surface area contributed by atoms with E-state index in [1.807, 2.05) is 0 Å². The molecule has 0 heterocycles. The molecule has 0 spiro atoms. The summed E-state index contributed by atoms with van der Waals surface area (Å²) < 4.78 is 38.9. The van der Waals surface area contributed by atoms with Crippen molar-refractivity contribution < 1.29 is 27.9 Å². The van der Waals surface area contributed by atoms with E-state index in [9.17, 15) is 22.8 Å². The third-order valence-electron chi connectivity index (χ3n) is 4.94. The van der Waals surface area contributed by atoms with E-state index in [1.165, 1.54) is 19.1 Å². The minimum absolute atomic E-state index is 0.338. The number of alkyl halides is 3. The summed E-state index contributed by atoms with van der Waals surface area (Å²) in [6.45, 7) is 1.54. The van der Waals surface area contributed by atoms with Crippen LogP contribution in [0.4, 0.5) is 18.9 Å². The van der Waals surface area contributed by atoms with Gasteiger partial charge in [-0.15, -0.1) is 0 Å². The molecule has 27 heavy (non-hydrogen) atoms. The molecule has 2 aromatic carbocycles. The fraction of sp³-hybridized carbons (Fsp3) is 0.300. The normalized spacial score (nSPS) is 16.4. The van der Waals surface area contributed by atoms with Gasteiger partial charge >= 0.3 is 12.1 Å². The first-order valence-corrected chi connectivity index (χ1v) is 8.45. The molecule has 3 rings (SSSR count). The molecule has 0 bridgehead atoms. The molecule has 0 radical (unpaired) electrons. The smallest absolute Gasteiger partial charge is 0.416 e. The molecule has 0 saturated heterocycles. The molecule has 2 aromatic rings. The van der Waals surface area contributed by atoms with Crippen LogP contribution in [-0.2, 0) is 21.2 Å². The van der Waals surface area contributed by atoms with Crippen LogP contribution in [0.1, 0.15) is 42.4 Å². The van der Waals surface area contributed by atoms with Crippen molar-refractivity contribution >= 4 is 17.6 Å². The molecule has 1 atom stereocenters. The number of hydrogen-bond donors (Lipinski definition) is 2. The average Bonchev–Trinajstić information content (AvgIpc) is 3.42. The Kier molecular flexibility index (Phi) is 4.71. The molecule has 0 aromatic heterocycles. The highest BCUT2D eigenvalue weighted by atomic mass is 19.4. The van der Waals surface area contributed by atoms with E-state index in [4.69, 9.17) is 5.11 Å². The highest BCUT2D eigenvalue weighted by molar-refractivity contribution is 6.01. The number of anilines is 1. The molecule has 1 aliphatic carbocycles. The van der Waals surface area contributed by atoms with Crippen LogP contribution in [0.2, 0.25) is 0 Å². The van der Waals surface area contributed by atoms with Crippen LogP contribution >= 0.6 is 0 Å². The lowest BCUT2D eigenvalue weighted by molar-refractivity contribution is -0.139. The van der Waals surface area contributed by atoms with Crippen LogP contribution in [0, 0.1) is 0 Å². The largest absolute Gasteiger partial charge is 0.481 e. The maximum Gasteiger partial charge on any atom is 0.416 e. The highest BCUT2D eigenvalue weighted by Gasteiger charge is 2.51. The van der Waals surface area contributed by atoms with Gasteiger partial charge in [-0.25, -0.2) is 0 Å². The lowest BCUT2D eigenvalue weighted by Crippen LogP contribution is -2.28. The molecule has 1 unspecified atom stereocenters. The Morgan fingerprint density at radius 2 is 1.78 bits per heavy atom. The number of rotatable bonds is 5. The lowest BCUT2D eigenvalue weighted by atomic mass is 9.93. The van der Waals surface area contributed by atoms with Crippen molar-refractivity contribution in [2.24, 2.45) is 0 Å². The second-order valence-electron chi connectivity index (χ2n) is 6.80. The predicted molar refractivity (Wildman–Crippen MR) is 93.5 cm³/mol. The third kappa shape index (κ3) is 3.82. The number of nitrogens with one attached hydrogen (secondary N) is 1. The average molecular weight is 377 g/mol. The van der Waals surface area contributed by atoms with Crippen molar-refractivity contribution in [3.05, 3.63) is 65.2 Å². The molecule has 1 saturated carbocycles. The van der Waals surface area contributed by atoms with E-state index in [0.29, 0.717) is 29.7 Å². The molecular formula is C20H18F3NO3. The Balaban J connectivity index is 1.83. The van der Waals surface area contributed by atoms with Gasteiger partial charge in [0.2, 0.25) is 5.91 Å². The van der Waals surface area contributed by atoms with Crippen LogP contribution in [0.25, 0.3) is 0 Å². The van der Waals surface area contributed by atoms with Gasteiger partial charge < -0.3 is 10.4 Å². The van der Waals surface area contributed by atoms with Gasteiger partial charge in [0.1, 0.15) is 0 Å². The molecule has 1 fully saturated rings. The maximum absolute atomic E-state index is 13.0. The fourth-order valence-corrected chi connectivity index (χ4v) is 3.04. The zero-order valence-corrected chi connectivity index (χ0v) is 14.5. The summed E-state index contributed by atoms with van der Waals surface area (Å²) in [6, 6.07) is 11.3. The molecular weight excluding hydrogens is 359 g/mol. The molecule has 1 aliphatic rings. The first-order chi connectivity index (χ1) is 12.6. The Morgan fingerprint density at radius 1 is 1.11 bits per heavy atom. The number of halogens is 3. The highest BCUT2D eigenvalue weighted by Crippen LogP contribution is 2.50. The van der Waals surface area contributed by atoms with Gasteiger partial charge in [-0.1, -0.05) is 30.3 Å². The summed E-state index contributed by atoms with van der Waals surface area (Å²) in [5, 5.41) is 11.8. The monoisotopic (exact) mass is 377 g/mol. The van der Waals surface area contributed by atoms with Crippen LogP contribution in [0.15, 0.2) is 48.5 Å². The maximum atomic E-state index is 13.0. The Morgan fingerprint density at radius 3 is 2.37 bits per heavy atom. The summed E-state index contributed by atoms with van der Waals surface area (Å²) in [7, 11) is 0. The lowest BCUT2D eigenvalue weighted by Gasteiger charge is -2.18. The number of aliphatic carboxylic acids is 1. The van der Waals surface area contributed by atoms with Gasteiger partial charge in [0, 0.05) is 5.69 Å². The summed E-state index contributed by atoms with van der Waals surface area (Å²) in [4.78, 5) is 23.9. The van der Waals surface area contributed by atoms with Crippen molar-refractivity contribution in [1.82, 2.24) is 0 Å². The van der Waals surface area contributed by atoms with E-state index in [2.05, 4.69) is 5.32 Å². The number of carboxylic acid groups (broad SMARTS) is 1. The summed E-state index contributed by atoms with van der Waals surface area (Å²) in [6.07, 6.45) is -3.54. The second kappa shape index (κ2) is 6.72. The van der Waals surface area contributed by atoms with Crippen molar-refractivity contribution in [1.29, 1.82) is 0 Å². The topological polar surface area (TPSA) is 66.4 Å². The standard InChI is InChI=1S/C20H18F3NO3/c1-12(17(25)26)13-4-2-7-16(10-13)24-18(27)19(8-9-19)14-5-3-6-15(11-14)20(21,22)23/h2-7,10-12H,8-9H2,1H3,(H,24,27)(H,25,26). The van der Waals surface area contributed by atoms with E-state index in [-0.39, 0.29) is 5.91 Å². The molecule has 2 N–H and O–H groups in total. The van der Waals surface area contributed by atoms with E-state index < -0.39 is 29.0 Å². The SMILES string of the molecule is CC(C(=O)O)c1cccc(NC(=O)C2(c3cccc(C(F)(F)F)c3)CC2)c1. The minimum atomic E-state index is -4.47. The number of amides is 1. The zero-order valence-electron chi connectivity index (χ0n) is 14.5. The molecule has 142 valence electrons. The van der Waals surface area contributed by atoms with Crippen molar-refractivity contribution in [3.63, 3.8) is 0 Å². The minimum Gasteiger partial charge on any atom is -0.481 e. The number of carbonyl (C=O) groups is 2. The van der Waals surface area contributed by atoms with Gasteiger partial charge in [-0.05, 0) is 49.1 Å². The number of carbonyl (C=O) groups excluding carboxylic acids is 1. The number of benzene rings is 2. The molecule has 1 amide bonds. The molecule has 7 heteroatoms. The number of carboxylic acids is 1. The Hall–Kier alpha value is -2.83. The van der Waals surface area contributed by atoms with Crippen molar-refractivity contribution in [2.45, 2.75) is 37.3 Å². The quantitative estimate of drug-likeness (QED) is 0.803. The summed E-state index contributed by atoms with van der Waals surface area (Å²) in [5.41, 5.74) is -0.468. The molecule has 0 aliphatic heterocycles. The van der Waals surface area contributed by atoms with Gasteiger partial charge in [0.05, 0.1) is 16.9 Å². The second-order valence-corrected chi connectivity index (χ2v) is 6.80. The first-order valence-electron chi connectivity index (χ1n) is 8.45. The summed E-state index contributed by atoms with van der Waals surface area (Å²) in [5.74, 6) is -2.11. The van der Waals surface area contributed by atoms with Gasteiger partial charge in [-0.3, -0.25) is 9.59 Å². The predicted octanol–water partition coefficient (Wildman–Crippen LogP) is 4.56. The summed E-state index contributed by atoms with van der Waals surface area (Å²) >= 11 is 0. The van der Waals surface area contributed by atoms with Gasteiger partial charge in [0.25, 0.3) is 0 Å². The van der Waals surface area contributed by atoms with Gasteiger partial charge in [0.15, 0.2) is 0 Å². The first kappa shape index (κ1) is 18.9. The third-order valence-corrected chi connectivity index (χ3v) is 4.94. The van der Waals surface area contributed by atoms with Crippen LogP contribution < -0.4 is 5.32 Å². The molecule has 4 nitrogen and oxygen atoms in total. The van der Waals surface area contributed by atoms with Crippen molar-refractivity contribution in [3.8, 4) is 0 Å². The van der Waals surface area contributed by atoms with Crippen LogP contribution in [0.3, 0.4) is 0 Å². The fourth-order valence-electron chi connectivity index (χ4n) is 3.04. The van der Waals surface area contributed by atoms with Gasteiger partial charge in [-0.2, -0.15) is 13.2 Å².